The molecule has 0 saturated carbocycles. The van der Waals surface area contributed by atoms with Crippen molar-refractivity contribution in [2.24, 2.45) is 5.92 Å². The lowest BCUT2D eigenvalue weighted by molar-refractivity contribution is -0.137. The quantitative estimate of drug-likeness (QED) is 0.557. The average molecular weight is 478 g/mol. The molecule has 1 fully saturated rings. The van der Waals surface area contributed by atoms with Gasteiger partial charge in [0, 0.05) is 45.0 Å². The van der Waals surface area contributed by atoms with Crippen molar-refractivity contribution in [3.8, 4) is 0 Å². The molecule has 1 saturated heterocycles. The fourth-order valence-corrected chi connectivity index (χ4v) is 4.82. The Kier molecular flexibility index (Phi) is 8.15. The maximum absolute atomic E-state index is 12.9. The van der Waals surface area contributed by atoms with Gasteiger partial charge in [-0.3, -0.25) is 15.1 Å². The van der Waals surface area contributed by atoms with Crippen LogP contribution >= 0.6 is 0 Å². The first kappa shape index (κ1) is 24.5. The molecule has 178 valence electrons. The van der Waals surface area contributed by atoms with Gasteiger partial charge in [-0.1, -0.05) is 6.07 Å². The normalized spacial score (nSPS) is 18.8. The Morgan fingerprint density at radius 1 is 1.25 bits per heavy atom. The van der Waals surface area contributed by atoms with E-state index in [9.17, 15) is 26.4 Å². The van der Waals surface area contributed by atoms with Gasteiger partial charge in [0.1, 0.15) is 0 Å². The number of alkyl halides is 3. The minimum Gasteiger partial charge on any atom is -0.381 e. The van der Waals surface area contributed by atoms with Gasteiger partial charge in [0.05, 0.1) is 10.5 Å². The predicted molar refractivity (Wildman–Crippen MR) is 109 cm³/mol. The van der Waals surface area contributed by atoms with Crippen molar-refractivity contribution >= 4 is 15.9 Å². The first-order chi connectivity index (χ1) is 15.2. The van der Waals surface area contributed by atoms with E-state index in [1.165, 1.54) is 0 Å². The van der Waals surface area contributed by atoms with Gasteiger partial charge in [0.25, 0.3) is 0 Å². The highest BCUT2D eigenvalue weighted by molar-refractivity contribution is 7.89. The van der Waals surface area contributed by atoms with Gasteiger partial charge in [0.2, 0.25) is 15.9 Å². The van der Waals surface area contributed by atoms with E-state index < -0.39 is 26.7 Å². The number of carbonyl (C=O) groups excluding carboxylic acids is 1. The summed E-state index contributed by atoms with van der Waals surface area (Å²) in [7, 11) is -4.07. The summed E-state index contributed by atoms with van der Waals surface area (Å²) in [6.45, 7) is 1.81. The number of sulfonamides is 1. The zero-order valence-corrected chi connectivity index (χ0v) is 18.2. The van der Waals surface area contributed by atoms with Crippen LogP contribution < -0.4 is 10.8 Å². The summed E-state index contributed by atoms with van der Waals surface area (Å²) in [5.74, 6) is 0.126. The maximum atomic E-state index is 12.9. The van der Waals surface area contributed by atoms with E-state index >= 15 is 0 Å². The number of benzene rings is 1. The second kappa shape index (κ2) is 10.6. The Morgan fingerprint density at radius 2 is 2.00 bits per heavy atom. The van der Waals surface area contributed by atoms with Crippen LogP contribution in [0.2, 0.25) is 0 Å². The number of nitrogens with one attached hydrogen (secondary N) is 2. The van der Waals surface area contributed by atoms with E-state index in [2.05, 4.69) is 10.8 Å². The van der Waals surface area contributed by atoms with Crippen molar-refractivity contribution in [3.05, 3.63) is 41.6 Å². The van der Waals surface area contributed by atoms with E-state index in [-0.39, 0.29) is 32.0 Å². The number of hydroxylamine groups is 1. The number of carbonyl (C=O) groups is 1. The molecule has 1 aromatic rings. The second-order valence-electron chi connectivity index (χ2n) is 7.62. The lowest BCUT2D eigenvalue weighted by Gasteiger charge is -2.26. The fraction of sp³-hybridized carbons (Fsp3) is 0.550. The van der Waals surface area contributed by atoms with Gasteiger partial charge in [0.15, 0.2) is 6.61 Å². The molecule has 2 N–H and O–H groups in total. The number of nitrogens with zero attached hydrogens (tertiary/aromatic N) is 1. The van der Waals surface area contributed by atoms with Gasteiger partial charge >= 0.3 is 6.18 Å². The minimum atomic E-state index is -4.63. The standard InChI is InChI=1S/C20H26F3N3O5S/c21-20(22,23)16-2-1-3-18(12-16)32(28,29)26-8-4-17(5-9-26)25-31-14-19(27)24-13-15-6-10-30-11-7-15/h1-4,12,15,25H,5-11,13-14H2,(H,24,27). The highest BCUT2D eigenvalue weighted by atomic mass is 32.2. The largest absolute Gasteiger partial charge is 0.416 e. The van der Waals surface area contributed by atoms with Crippen LogP contribution in [-0.2, 0) is 30.6 Å². The van der Waals surface area contributed by atoms with Crippen molar-refractivity contribution in [1.29, 1.82) is 0 Å². The van der Waals surface area contributed by atoms with Crippen molar-refractivity contribution < 1.29 is 36.0 Å². The third-order valence-electron chi connectivity index (χ3n) is 5.31. The smallest absolute Gasteiger partial charge is 0.381 e. The molecule has 2 aliphatic heterocycles. The zero-order chi connectivity index (χ0) is 23.2. The van der Waals surface area contributed by atoms with Crippen LogP contribution in [-0.4, -0.2) is 58.1 Å². The molecule has 32 heavy (non-hydrogen) atoms. The second-order valence-corrected chi connectivity index (χ2v) is 9.56. The van der Waals surface area contributed by atoms with Crippen LogP contribution in [0, 0.1) is 5.92 Å². The molecular formula is C20H26F3N3O5S. The number of rotatable bonds is 8. The fourth-order valence-electron chi connectivity index (χ4n) is 3.40. The molecular weight excluding hydrogens is 451 g/mol. The zero-order valence-electron chi connectivity index (χ0n) is 17.4. The van der Waals surface area contributed by atoms with E-state index in [0.717, 1.165) is 35.3 Å². The molecule has 2 heterocycles. The molecule has 0 aromatic heterocycles. The average Bonchev–Trinajstić information content (AvgIpc) is 2.78. The summed E-state index contributed by atoms with van der Waals surface area (Å²) < 4.78 is 70.4. The van der Waals surface area contributed by atoms with Gasteiger partial charge < -0.3 is 10.1 Å². The van der Waals surface area contributed by atoms with E-state index in [0.29, 0.717) is 37.4 Å². The molecule has 1 amide bonds. The topological polar surface area (TPSA) is 97.0 Å². The van der Waals surface area contributed by atoms with Crippen molar-refractivity contribution in [2.75, 3.05) is 39.5 Å². The summed E-state index contributed by atoms with van der Waals surface area (Å²) in [5, 5.41) is 2.80. The van der Waals surface area contributed by atoms with Crippen LogP contribution in [0.1, 0.15) is 24.8 Å². The van der Waals surface area contributed by atoms with Gasteiger partial charge in [-0.2, -0.15) is 17.5 Å². The van der Waals surface area contributed by atoms with Crippen LogP contribution in [0.25, 0.3) is 0 Å². The summed E-state index contributed by atoms with van der Waals surface area (Å²) in [5.41, 5.74) is 2.22. The molecule has 8 nitrogen and oxygen atoms in total. The van der Waals surface area contributed by atoms with Gasteiger partial charge in [-0.15, -0.1) is 0 Å². The number of halogens is 3. The van der Waals surface area contributed by atoms with Gasteiger partial charge in [-0.05, 0) is 43.0 Å². The summed E-state index contributed by atoms with van der Waals surface area (Å²) in [6.07, 6.45) is -0.978. The predicted octanol–water partition coefficient (Wildman–Crippen LogP) is 2.05. The lowest BCUT2D eigenvalue weighted by Crippen LogP contribution is -2.38. The SMILES string of the molecule is O=C(CONC1=CCN(S(=O)(=O)c2cccc(C(F)(F)F)c2)CC1)NCC1CCOCC1. The highest BCUT2D eigenvalue weighted by Crippen LogP contribution is 2.31. The first-order valence-corrected chi connectivity index (χ1v) is 11.7. The Labute approximate surface area is 184 Å². The molecule has 0 bridgehead atoms. The molecule has 0 aliphatic carbocycles. The first-order valence-electron chi connectivity index (χ1n) is 10.2. The monoisotopic (exact) mass is 477 g/mol. The molecule has 12 heteroatoms. The van der Waals surface area contributed by atoms with Crippen molar-refractivity contribution in [1.82, 2.24) is 15.1 Å². The van der Waals surface area contributed by atoms with Crippen LogP contribution in [0.4, 0.5) is 13.2 Å². The van der Waals surface area contributed by atoms with Crippen molar-refractivity contribution in [3.63, 3.8) is 0 Å². The molecule has 0 spiro atoms. The van der Waals surface area contributed by atoms with E-state index in [1.54, 1.807) is 6.08 Å². The Hall–Kier alpha value is -2.15. The lowest BCUT2D eigenvalue weighted by atomic mass is 10.0. The molecule has 3 rings (SSSR count). The van der Waals surface area contributed by atoms with Crippen LogP contribution in [0.5, 0.6) is 0 Å². The third kappa shape index (κ3) is 6.67. The maximum Gasteiger partial charge on any atom is 0.416 e. The number of hydrogen-bond acceptors (Lipinski definition) is 6. The van der Waals surface area contributed by atoms with E-state index in [4.69, 9.17) is 9.57 Å². The number of amides is 1. The van der Waals surface area contributed by atoms with Crippen LogP contribution in [0.3, 0.4) is 0 Å². The molecule has 2 aliphatic rings. The number of hydrogen-bond donors (Lipinski definition) is 2. The summed E-state index contributed by atoms with van der Waals surface area (Å²) in [6, 6.07) is 3.68. The summed E-state index contributed by atoms with van der Waals surface area (Å²) in [4.78, 5) is 16.6. The Bertz CT molecular complexity index is 931. The van der Waals surface area contributed by atoms with Crippen LogP contribution in [0.15, 0.2) is 40.9 Å². The molecule has 0 atom stereocenters. The van der Waals surface area contributed by atoms with E-state index in [1.807, 2.05) is 0 Å². The van der Waals surface area contributed by atoms with Crippen molar-refractivity contribution in [2.45, 2.75) is 30.3 Å². The number of ether oxygens (including phenoxy) is 1. The third-order valence-corrected chi connectivity index (χ3v) is 7.17. The summed E-state index contributed by atoms with van der Waals surface area (Å²) >= 11 is 0. The Morgan fingerprint density at radius 3 is 2.66 bits per heavy atom. The molecule has 1 aromatic carbocycles. The molecule has 0 unspecified atom stereocenters. The minimum absolute atomic E-state index is 0.0276. The Balaban J connectivity index is 1.45. The molecule has 0 radical (unpaired) electrons. The highest BCUT2D eigenvalue weighted by Gasteiger charge is 2.33. The van der Waals surface area contributed by atoms with Gasteiger partial charge in [-0.25, -0.2) is 8.42 Å².